The van der Waals surface area contributed by atoms with Crippen LogP contribution < -0.4 is 10.0 Å². The van der Waals surface area contributed by atoms with E-state index in [9.17, 15) is 13.2 Å². The highest BCUT2D eigenvalue weighted by molar-refractivity contribution is 7.92. The molecule has 0 aliphatic heterocycles. The van der Waals surface area contributed by atoms with E-state index in [-0.39, 0.29) is 16.6 Å². The van der Waals surface area contributed by atoms with Gasteiger partial charge in [-0.05, 0) is 38.1 Å². The van der Waals surface area contributed by atoms with Crippen molar-refractivity contribution in [3.05, 3.63) is 46.4 Å². The van der Waals surface area contributed by atoms with E-state index in [1.54, 1.807) is 26.0 Å². The highest BCUT2D eigenvalue weighted by Crippen LogP contribution is 2.26. The smallest absolute Gasteiger partial charge is 0.259 e. The van der Waals surface area contributed by atoms with E-state index < -0.39 is 10.0 Å². The fourth-order valence-electron chi connectivity index (χ4n) is 1.93. The zero-order valence-corrected chi connectivity index (χ0v) is 13.8. The summed E-state index contributed by atoms with van der Waals surface area (Å²) < 4.78 is 30.0. The lowest BCUT2D eigenvalue weighted by molar-refractivity contribution is 0.102. The molecule has 0 spiro atoms. The fraction of sp³-hybridized carbons (Fsp3) is 0.214. The predicted octanol–water partition coefficient (Wildman–Crippen LogP) is 3.17. The van der Waals surface area contributed by atoms with E-state index >= 15 is 0 Å². The van der Waals surface area contributed by atoms with Crippen molar-refractivity contribution in [2.75, 3.05) is 16.3 Å². The highest BCUT2D eigenvalue weighted by atomic mass is 35.5. The summed E-state index contributed by atoms with van der Waals surface area (Å²) in [5.74, 6) is 0.846. The van der Waals surface area contributed by atoms with Gasteiger partial charge in [-0.3, -0.25) is 9.52 Å². The van der Waals surface area contributed by atoms with Gasteiger partial charge in [-0.2, -0.15) is 0 Å². The Morgan fingerprint density at radius 2 is 1.91 bits per heavy atom. The maximum absolute atomic E-state index is 12.1. The summed E-state index contributed by atoms with van der Waals surface area (Å²) in [5.41, 5.74) is 1.14. The van der Waals surface area contributed by atoms with E-state index in [4.69, 9.17) is 16.0 Å². The van der Waals surface area contributed by atoms with Gasteiger partial charge >= 0.3 is 0 Å². The first-order valence-corrected chi connectivity index (χ1v) is 8.58. The standard InChI is InChI=1S/C14H15ClN2O4S/c1-8-6-11(9(2)21-8)14(18)16-10-4-5-13(12(15)7-10)17-22(3,19)20/h4-7,17H,1-3H3,(H,16,18). The number of benzene rings is 1. The number of furan rings is 1. The van der Waals surface area contributed by atoms with Crippen LogP contribution in [-0.4, -0.2) is 20.6 Å². The molecule has 1 aromatic heterocycles. The Hall–Kier alpha value is -1.99. The number of carbonyl (C=O) groups excluding carboxylic acids is 1. The van der Waals surface area contributed by atoms with E-state index in [0.717, 1.165) is 6.26 Å². The lowest BCUT2D eigenvalue weighted by atomic mass is 10.2. The molecule has 0 aliphatic carbocycles. The quantitative estimate of drug-likeness (QED) is 0.893. The van der Waals surface area contributed by atoms with Crippen LogP contribution in [0.1, 0.15) is 21.9 Å². The molecule has 0 atom stereocenters. The third-order valence-electron chi connectivity index (χ3n) is 2.81. The first kappa shape index (κ1) is 16.4. The number of nitrogens with one attached hydrogen (secondary N) is 2. The summed E-state index contributed by atoms with van der Waals surface area (Å²) in [6.07, 6.45) is 1.03. The van der Waals surface area contributed by atoms with Gasteiger partial charge in [0.1, 0.15) is 11.5 Å². The molecule has 0 saturated carbocycles. The summed E-state index contributed by atoms with van der Waals surface area (Å²) >= 11 is 6.00. The third-order valence-corrected chi connectivity index (χ3v) is 3.71. The van der Waals surface area contributed by atoms with Crippen LogP contribution in [0.5, 0.6) is 0 Å². The molecule has 0 fully saturated rings. The van der Waals surface area contributed by atoms with Gasteiger partial charge in [0.15, 0.2) is 0 Å². The van der Waals surface area contributed by atoms with E-state index in [2.05, 4.69) is 10.0 Å². The molecule has 0 unspecified atom stereocenters. The summed E-state index contributed by atoms with van der Waals surface area (Å²) in [4.78, 5) is 12.1. The van der Waals surface area contributed by atoms with Crippen LogP contribution in [0, 0.1) is 13.8 Å². The molecule has 6 nitrogen and oxygen atoms in total. The normalized spacial score (nSPS) is 11.3. The second kappa shape index (κ2) is 6.02. The molecule has 2 aromatic rings. The minimum atomic E-state index is -3.42. The number of aryl methyl sites for hydroxylation is 2. The molecular formula is C14H15ClN2O4S. The minimum Gasteiger partial charge on any atom is -0.466 e. The Bertz CT molecular complexity index is 827. The molecule has 2 N–H and O–H groups in total. The monoisotopic (exact) mass is 342 g/mol. The second-order valence-electron chi connectivity index (χ2n) is 4.85. The Morgan fingerprint density at radius 3 is 2.41 bits per heavy atom. The number of amides is 1. The number of carbonyl (C=O) groups is 1. The van der Waals surface area contributed by atoms with Crippen LogP contribution in [0.25, 0.3) is 0 Å². The van der Waals surface area contributed by atoms with Gasteiger partial charge in [-0.1, -0.05) is 11.6 Å². The van der Waals surface area contributed by atoms with Crippen LogP contribution in [0.3, 0.4) is 0 Å². The third kappa shape index (κ3) is 4.02. The van der Waals surface area contributed by atoms with Gasteiger partial charge < -0.3 is 9.73 Å². The molecule has 118 valence electrons. The average Bonchev–Trinajstić information content (AvgIpc) is 2.70. The Morgan fingerprint density at radius 1 is 1.23 bits per heavy atom. The van der Waals surface area contributed by atoms with Crippen molar-refractivity contribution in [3.63, 3.8) is 0 Å². The summed E-state index contributed by atoms with van der Waals surface area (Å²) in [6.45, 7) is 3.46. The van der Waals surface area contributed by atoms with Crippen molar-refractivity contribution in [1.82, 2.24) is 0 Å². The van der Waals surface area contributed by atoms with Crippen LogP contribution >= 0.6 is 11.6 Å². The predicted molar refractivity (Wildman–Crippen MR) is 86.1 cm³/mol. The van der Waals surface area contributed by atoms with Gasteiger partial charge in [0.25, 0.3) is 5.91 Å². The van der Waals surface area contributed by atoms with Gasteiger partial charge in [0, 0.05) is 5.69 Å². The van der Waals surface area contributed by atoms with E-state index in [1.807, 2.05) is 0 Å². The van der Waals surface area contributed by atoms with Crippen LogP contribution in [0.4, 0.5) is 11.4 Å². The maximum atomic E-state index is 12.1. The minimum absolute atomic E-state index is 0.184. The Kier molecular flexibility index (Phi) is 4.48. The molecule has 0 radical (unpaired) electrons. The highest BCUT2D eigenvalue weighted by Gasteiger charge is 2.14. The van der Waals surface area contributed by atoms with Gasteiger partial charge in [-0.25, -0.2) is 8.42 Å². The van der Waals surface area contributed by atoms with Crippen LogP contribution in [-0.2, 0) is 10.0 Å². The fourth-order valence-corrected chi connectivity index (χ4v) is 2.79. The van der Waals surface area contributed by atoms with Gasteiger partial charge in [0.2, 0.25) is 10.0 Å². The molecule has 1 aromatic carbocycles. The first-order chi connectivity index (χ1) is 10.2. The molecule has 1 amide bonds. The largest absolute Gasteiger partial charge is 0.466 e. The zero-order valence-electron chi connectivity index (χ0n) is 12.2. The zero-order chi connectivity index (χ0) is 16.5. The molecule has 0 bridgehead atoms. The van der Waals surface area contributed by atoms with E-state index in [1.165, 1.54) is 12.1 Å². The number of sulfonamides is 1. The molecule has 1 heterocycles. The van der Waals surface area contributed by atoms with Crippen molar-refractivity contribution in [3.8, 4) is 0 Å². The molecule has 22 heavy (non-hydrogen) atoms. The number of hydrogen-bond acceptors (Lipinski definition) is 4. The van der Waals surface area contributed by atoms with Gasteiger partial charge in [-0.15, -0.1) is 0 Å². The topological polar surface area (TPSA) is 88.4 Å². The molecule has 8 heteroatoms. The number of halogens is 1. The van der Waals surface area contributed by atoms with Crippen LogP contribution in [0.2, 0.25) is 5.02 Å². The number of anilines is 2. The number of rotatable bonds is 4. The summed E-state index contributed by atoms with van der Waals surface area (Å²) in [5, 5.41) is 2.87. The summed E-state index contributed by atoms with van der Waals surface area (Å²) in [7, 11) is -3.42. The van der Waals surface area contributed by atoms with Crippen molar-refractivity contribution in [2.24, 2.45) is 0 Å². The lowest BCUT2D eigenvalue weighted by Crippen LogP contribution is -2.13. The maximum Gasteiger partial charge on any atom is 0.259 e. The molecule has 2 rings (SSSR count). The van der Waals surface area contributed by atoms with Crippen molar-refractivity contribution < 1.29 is 17.6 Å². The molecule has 0 aliphatic rings. The Labute approximate surface area is 133 Å². The van der Waals surface area contributed by atoms with Crippen LogP contribution in [0.15, 0.2) is 28.7 Å². The van der Waals surface area contributed by atoms with Crippen molar-refractivity contribution in [1.29, 1.82) is 0 Å². The number of hydrogen-bond donors (Lipinski definition) is 2. The van der Waals surface area contributed by atoms with Gasteiger partial charge in [0.05, 0.1) is 22.5 Å². The SMILES string of the molecule is Cc1cc(C(=O)Nc2ccc(NS(C)(=O)=O)c(Cl)c2)c(C)o1. The Balaban J connectivity index is 2.19. The van der Waals surface area contributed by atoms with Crippen molar-refractivity contribution >= 4 is 38.9 Å². The first-order valence-electron chi connectivity index (χ1n) is 6.31. The second-order valence-corrected chi connectivity index (χ2v) is 7.01. The molecule has 0 saturated heterocycles. The van der Waals surface area contributed by atoms with E-state index in [0.29, 0.717) is 22.8 Å². The van der Waals surface area contributed by atoms with Crippen molar-refractivity contribution in [2.45, 2.75) is 13.8 Å². The lowest BCUT2D eigenvalue weighted by Gasteiger charge is -2.09. The summed E-state index contributed by atoms with van der Waals surface area (Å²) in [6, 6.07) is 6.15. The average molecular weight is 343 g/mol. The molecular weight excluding hydrogens is 328 g/mol.